The molecule has 0 aromatic heterocycles. The van der Waals surface area contributed by atoms with Crippen molar-refractivity contribution in [2.45, 2.75) is 128 Å². The molecule has 6 aliphatic carbocycles. The summed E-state index contributed by atoms with van der Waals surface area (Å²) in [6.45, 7) is 9.02. The summed E-state index contributed by atoms with van der Waals surface area (Å²) in [5.74, 6) is 5.03. The number of nitrogens with zero attached hydrogens (tertiary/aromatic N) is 2. The molecule has 2 heteroatoms. The van der Waals surface area contributed by atoms with Crippen LogP contribution in [0.15, 0.2) is 157 Å². The third-order valence-corrected chi connectivity index (χ3v) is 18.4. The molecule has 6 aromatic rings. The van der Waals surface area contributed by atoms with Gasteiger partial charge in [0.05, 0.1) is 6.04 Å². The number of anilines is 3. The predicted molar refractivity (Wildman–Crippen MR) is 278 cm³/mol. The fourth-order valence-electron chi connectivity index (χ4n) is 15.4. The van der Waals surface area contributed by atoms with Gasteiger partial charge in [0.25, 0.3) is 0 Å². The predicted octanol–water partition coefficient (Wildman–Crippen LogP) is 16.0. The average molecular weight is 867 g/mol. The van der Waals surface area contributed by atoms with Gasteiger partial charge in [-0.2, -0.15) is 0 Å². The van der Waals surface area contributed by atoms with Crippen LogP contribution in [-0.4, -0.2) is 18.1 Å². The standard InChI is InChI=1S/C64H70N2/c1-41-13-25-51(26-14-41)65(52-27-15-42(2)16-28-52)61-39-59(49-23-21-45-9-5-7-11-47(45)37-49)55-34-36-58-62(66(53-29-17-43(3)18-30-53)54-31-19-44(4)20-32-54)40-60(56-33-35-57(61)63(55)64(56)58)50-24-22-46-10-6-8-12-48(46)38-50/h5,7,9,11,13-27,29-32,37-38,52,55-64H,6,8,10,12,28,33-36,39-40H2,1-4H3. The molecule has 4 fully saturated rings. The van der Waals surface area contributed by atoms with Crippen LogP contribution < -0.4 is 9.80 Å². The first kappa shape index (κ1) is 42.0. The quantitative estimate of drug-likeness (QED) is 0.150. The van der Waals surface area contributed by atoms with E-state index in [-0.39, 0.29) is 0 Å². The summed E-state index contributed by atoms with van der Waals surface area (Å²) >= 11 is 0. The Morgan fingerprint density at radius 1 is 0.470 bits per heavy atom. The Bertz CT molecular complexity index is 2710. The van der Waals surface area contributed by atoms with Crippen LogP contribution in [0.4, 0.5) is 17.1 Å². The van der Waals surface area contributed by atoms with Crippen LogP contribution in [-0.2, 0) is 12.8 Å². The molecule has 0 radical (unpaired) electrons. The highest BCUT2D eigenvalue weighted by Crippen LogP contribution is 2.67. The summed E-state index contributed by atoms with van der Waals surface area (Å²) in [6, 6.07) is 54.7. The number of hydrogen-bond donors (Lipinski definition) is 0. The van der Waals surface area contributed by atoms with Crippen LogP contribution in [0.1, 0.15) is 115 Å². The Balaban J connectivity index is 1.04. The van der Waals surface area contributed by atoms with Crippen molar-refractivity contribution in [3.05, 3.63) is 196 Å². The molecule has 66 heavy (non-hydrogen) atoms. The van der Waals surface area contributed by atoms with Gasteiger partial charge in [-0.3, -0.25) is 0 Å². The topological polar surface area (TPSA) is 6.48 Å². The van der Waals surface area contributed by atoms with Crippen molar-refractivity contribution in [1.29, 1.82) is 0 Å². The minimum absolute atomic E-state index is 0.355. The Kier molecular flexibility index (Phi) is 11.1. The van der Waals surface area contributed by atoms with E-state index in [4.69, 9.17) is 0 Å². The van der Waals surface area contributed by atoms with E-state index in [9.17, 15) is 0 Å². The SMILES string of the molecule is CC1=CCC(N(c2ccc(C)cc2)C2CC(c3ccc4ccccc4c3)C3CCC4C5C(CCC2C35)C(c2ccc3c(c2)CCCC3)CC4N(c2ccc(C)cc2)c2ccc(C)cc2)C=C1. The van der Waals surface area contributed by atoms with E-state index >= 15 is 0 Å². The molecule has 0 heterocycles. The molecule has 0 aliphatic heterocycles. The summed E-state index contributed by atoms with van der Waals surface area (Å²) in [7, 11) is 0. The van der Waals surface area contributed by atoms with Gasteiger partial charge in [0.15, 0.2) is 0 Å². The largest absolute Gasteiger partial charge is 0.361 e. The lowest BCUT2D eigenvalue weighted by Gasteiger charge is -2.66. The monoisotopic (exact) mass is 867 g/mol. The van der Waals surface area contributed by atoms with Gasteiger partial charge in [-0.05, 0) is 215 Å². The average Bonchev–Trinajstić information content (AvgIpc) is 3.35. The van der Waals surface area contributed by atoms with Crippen molar-refractivity contribution < 1.29 is 0 Å². The van der Waals surface area contributed by atoms with Crippen molar-refractivity contribution in [1.82, 2.24) is 0 Å². The molecule has 11 unspecified atom stereocenters. The fraction of sp³-hybridized carbons (Fsp3) is 0.406. The Morgan fingerprint density at radius 2 is 1.00 bits per heavy atom. The van der Waals surface area contributed by atoms with Gasteiger partial charge in [0, 0.05) is 29.1 Å². The zero-order valence-electron chi connectivity index (χ0n) is 40.0. The van der Waals surface area contributed by atoms with Gasteiger partial charge >= 0.3 is 0 Å². The highest BCUT2D eigenvalue weighted by atomic mass is 15.2. The number of hydrogen-bond acceptors (Lipinski definition) is 2. The maximum atomic E-state index is 2.98. The van der Waals surface area contributed by atoms with Crippen molar-refractivity contribution in [2.24, 2.45) is 35.5 Å². The molecule has 6 aromatic carbocycles. The molecule has 2 nitrogen and oxygen atoms in total. The minimum Gasteiger partial charge on any atom is -0.361 e. The van der Waals surface area contributed by atoms with Crippen LogP contribution in [0.2, 0.25) is 0 Å². The lowest BCUT2D eigenvalue weighted by Crippen LogP contribution is -2.63. The second-order valence-electron chi connectivity index (χ2n) is 22.0. The van der Waals surface area contributed by atoms with Crippen molar-refractivity contribution >= 4 is 27.8 Å². The molecule has 0 N–H and O–H groups in total. The first-order valence-corrected chi connectivity index (χ1v) is 26.1. The zero-order chi connectivity index (χ0) is 44.5. The first-order chi connectivity index (χ1) is 32.3. The van der Waals surface area contributed by atoms with E-state index in [1.54, 1.807) is 22.3 Å². The van der Waals surface area contributed by atoms with Gasteiger partial charge in [0.1, 0.15) is 0 Å². The van der Waals surface area contributed by atoms with Gasteiger partial charge in [-0.25, -0.2) is 0 Å². The maximum absolute atomic E-state index is 2.98. The van der Waals surface area contributed by atoms with Gasteiger partial charge < -0.3 is 9.80 Å². The van der Waals surface area contributed by atoms with Crippen LogP contribution in [0.3, 0.4) is 0 Å². The normalized spacial score (nSPS) is 29.9. The summed E-state index contributed by atoms with van der Waals surface area (Å²) in [6.07, 6.45) is 21.5. The van der Waals surface area contributed by atoms with Crippen molar-refractivity contribution in [3.8, 4) is 0 Å². The summed E-state index contributed by atoms with van der Waals surface area (Å²) < 4.78 is 0. The van der Waals surface area contributed by atoms with Crippen LogP contribution in [0, 0.1) is 56.3 Å². The van der Waals surface area contributed by atoms with Crippen LogP contribution >= 0.6 is 0 Å². The summed E-state index contributed by atoms with van der Waals surface area (Å²) in [5, 5.41) is 2.76. The van der Waals surface area contributed by atoms with E-state index in [0.29, 0.717) is 65.5 Å². The second-order valence-corrected chi connectivity index (χ2v) is 22.0. The lowest BCUT2D eigenvalue weighted by molar-refractivity contribution is -0.104. The molecular formula is C64H70N2. The Labute approximate surface area is 395 Å². The van der Waals surface area contributed by atoms with Gasteiger partial charge in [-0.1, -0.05) is 138 Å². The molecule has 11 atom stereocenters. The second kappa shape index (κ2) is 17.4. The third kappa shape index (κ3) is 7.56. The lowest BCUT2D eigenvalue weighted by atomic mass is 9.42. The number of rotatable bonds is 8. The summed E-state index contributed by atoms with van der Waals surface area (Å²) in [5.41, 5.74) is 16.0. The molecule has 0 bridgehead atoms. The van der Waals surface area contributed by atoms with Crippen LogP contribution in [0.5, 0.6) is 0 Å². The molecule has 0 saturated heterocycles. The third-order valence-electron chi connectivity index (χ3n) is 18.4. The van der Waals surface area contributed by atoms with E-state index in [1.165, 1.54) is 114 Å². The number of fused-ring (bicyclic) bond motifs is 2. The number of aryl methyl sites for hydroxylation is 5. The minimum atomic E-state index is 0.355. The van der Waals surface area contributed by atoms with Gasteiger partial charge in [0.2, 0.25) is 0 Å². The molecule has 336 valence electrons. The summed E-state index contributed by atoms with van der Waals surface area (Å²) in [4.78, 5) is 5.83. The maximum Gasteiger partial charge on any atom is 0.0514 e. The van der Waals surface area contributed by atoms with Gasteiger partial charge in [-0.15, -0.1) is 0 Å². The molecule has 12 rings (SSSR count). The highest BCUT2D eigenvalue weighted by molar-refractivity contribution is 5.83. The zero-order valence-corrected chi connectivity index (χ0v) is 40.0. The smallest absolute Gasteiger partial charge is 0.0514 e. The molecule has 6 aliphatic rings. The highest BCUT2D eigenvalue weighted by Gasteiger charge is 2.61. The van der Waals surface area contributed by atoms with Crippen molar-refractivity contribution in [2.75, 3.05) is 9.80 Å². The van der Waals surface area contributed by atoms with Crippen LogP contribution in [0.25, 0.3) is 10.8 Å². The molecule has 0 amide bonds. The molecule has 4 saturated carbocycles. The van der Waals surface area contributed by atoms with Crippen molar-refractivity contribution in [3.63, 3.8) is 0 Å². The van der Waals surface area contributed by atoms with E-state index < -0.39 is 0 Å². The Morgan fingerprint density at radius 3 is 1.62 bits per heavy atom. The molecule has 0 spiro atoms. The Hall–Kier alpha value is -5.34. The van der Waals surface area contributed by atoms with E-state index in [0.717, 1.165) is 6.42 Å². The first-order valence-electron chi connectivity index (χ1n) is 26.1. The van der Waals surface area contributed by atoms with E-state index in [2.05, 4.69) is 189 Å². The number of allylic oxidation sites excluding steroid dienone is 2. The van der Waals surface area contributed by atoms with E-state index in [1.807, 2.05) is 0 Å². The number of benzene rings is 6. The molecular weight excluding hydrogens is 797 g/mol. The fourth-order valence-corrected chi connectivity index (χ4v) is 15.4.